The van der Waals surface area contributed by atoms with E-state index in [0.29, 0.717) is 36.7 Å². The molecule has 0 atom stereocenters. The second-order valence-corrected chi connectivity index (χ2v) is 8.18. The zero-order valence-corrected chi connectivity index (χ0v) is 17.5. The van der Waals surface area contributed by atoms with E-state index >= 15 is 0 Å². The summed E-state index contributed by atoms with van der Waals surface area (Å²) in [7, 11) is 1.38. The first-order chi connectivity index (χ1) is 14.7. The first-order valence-electron chi connectivity index (χ1n) is 10.1. The quantitative estimate of drug-likeness (QED) is 0.631. The number of carbonyl (C=O) groups excluding carboxylic acids is 1. The topological polar surface area (TPSA) is 45.3 Å². The van der Waals surface area contributed by atoms with Crippen LogP contribution in [0.15, 0.2) is 42.5 Å². The Bertz CT molecular complexity index is 974. The number of fused-ring (bicyclic) bond motifs is 1. The highest BCUT2D eigenvalue weighted by molar-refractivity contribution is 5.81. The summed E-state index contributed by atoms with van der Waals surface area (Å²) in [5.74, 6) is -0.196. The fourth-order valence-electron chi connectivity index (χ4n) is 3.73. The molecule has 0 unspecified atom stereocenters. The first-order valence-corrected chi connectivity index (χ1v) is 10.1. The van der Waals surface area contributed by atoms with Gasteiger partial charge >= 0.3 is 12.1 Å². The lowest BCUT2D eigenvalue weighted by atomic mass is 9.99. The van der Waals surface area contributed by atoms with Gasteiger partial charge in [-0.25, -0.2) is 5.06 Å². The Kier molecular flexibility index (Phi) is 5.47. The number of carbonyl (C=O) groups is 1. The Morgan fingerprint density at radius 3 is 2.48 bits per heavy atom. The largest absolute Gasteiger partial charge is 0.469 e. The van der Waals surface area contributed by atoms with E-state index in [1.54, 1.807) is 5.06 Å². The molecule has 0 aliphatic carbocycles. The van der Waals surface area contributed by atoms with Gasteiger partial charge in [-0.2, -0.15) is 18.2 Å². The molecule has 1 saturated heterocycles. The van der Waals surface area contributed by atoms with Crippen molar-refractivity contribution < 1.29 is 27.6 Å². The van der Waals surface area contributed by atoms with Crippen molar-refractivity contribution in [1.82, 2.24) is 0 Å². The average Bonchev–Trinajstić information content (AvgIpc) is 3.03. The molecule has 2 heterocycles. The summed E-state index contributed by atoms with van der Waals surface area (Å²) in [6.07, 6.45) is -4.43. The summed E-state index contributed by atoms with van der Waals surface area (Å²) in [5, 5.41) is 3.04. The van der Waals surface area contributed by atoms with Crippen molar-refractivity contribution in [2.24, 2.45) is 11.8 Å². The van der Waals surface area contributed by atoms with Gasteiger partial charge in [0.2, 0.25) is 0 Å². The molecular formula is C22H24F3N3O3. The Labute approximate surface area is 178 Å². The van der Waals surface area contributed by atoms with Crippen LogP contribution < -0.4 is 15.0 Å². The van der Waals surface area contributed by atoms with Gasteiger partial charge in [0, 0.05) is 18.8 Å². The van der Waals surface area contributed by atoms with E-state index in [1.165, 1.54) is 18.2 Å². The second-order valence-electron chi connectivity index (χ2n) is 8.18. The van der Waals surface area contributed by atoms with Crippen LogP contribution in [0.4, 0.5) is 35.9 Å². The number of alkyl halides is 3. The molecule has 2 aromatic carbocycles. The first kappa shape index (κ1) is 21.3. The number of methoxy groups -OCH3 is 1. The Hall–Kier alpha value is -2.94. The van der Waals surface area contributed by atoms with E-state index in [-0.39, 0.29) is 17.8 Å². The summed E-state index contributed by atoms with van der Waals surface area (Å²) in [4.78, 5) is 19.7. The zero-order chi connectivity index (χ0) is 22.3. The SMILES string of the molecule is COC(=O)C1CN(c2cccc(N3ON(CC(C)C)c4cc(C(F)(F)F)ccc43)c2)C1. The van der Waals surface area contributed by atoms with Gasteiger partial charge < -0.3 is 9.64 Å². The maximum absolute atomic E-state index is 13.3. The van der Waals surface area contributed by atoms with Crippen molar-refractivity contribution in [3.8, 4) is 0 Å². The lowest BCUT2D eigenvalue weighted by molar-refractivity contribution is -0.146. The minimum Gasteiger partial charge on any atom is -0.469 e. The number of halogens is 3. The molecule has 0 aromatic heterocycles. The van der Waals surface area contributed by atoms with E-state index in [0.717, 1.165) is 17.8 Å². The number of hydrogen-bond acceptors (Lipinski definition) is 6. The molecule has 2 aliphatic heterocycles. The number of hydroxylamine groups is 1. The van der Waals surface area contributed by atoms with Crippen LogP contribution in [0.25, 0.3) is 0 Å². The van der Waals surface area contributed by atoms with Gasteiger partial charge in [-0.05, 0) is 42.3 Å². The highest BCUT2D eigenvalue weighted by Crippen LogP contribution is 2.45. The van der Waals surface area contributed by atoms with Gasteiger partial charge in [-0.15, -0.1) is 4.94 Å². The minimum atomic E-state index is -4.43. The van der Waals surface area contributed by atoms with Crippen LogP contribution in [0.5, 0.6) is 0 Å². The molecule has 4 rings (SSSR count). The van der Waals surface area contributed by atoms with E-state index in [1.807, 2.05) is 43.0 Å². The molecule has 6 nitrogen and oxygen atoms in total. The van der Waals surface area contributed by atoms with Crippen LogP contribution in [0.2, 0.25) is 0 Å². The van der Waals surface area contributed by atoms with Crippen molar-refractivity contribution in [3.63, 3.8) is 0 Å². The number of hydrogen-bond donors (Lipinski definition) is 0. The Balaban J connectivity index is 1.62. The lowest BCUT2D eigenvalue weighted by Gasteiger charge is -2.39. The maximum Gasteiger partial charge on any atom is 0.416 e. The highest BCUT2D eigenvalue weighted by atomic mass is 19.4. The molecule has 9 heteroatoms. The van der Waals surface area contributed by atoms with Gasteiger partial charge in [0.25, 0.3) is 0 Å². The van der Waals surface area contributed by atoms with Gasteiger partial charge in [-0.3, -0.25) is 4.79 Å². The molecule has 0 saturated carbocycles. The molecule has 0 bridgehead atoms. The normalized spacial score (nSPS) is 16.5. The number of benzene rings is 2. The van der Waals surface area contributed by atoms with Gasteiger partial charge in [0.1, 0.15) is 0 Å². The fourth-order valence-corrected chi connectivity index (χ4v) is 3.73. The van der Waals surface area contributed by atoms with Crippen molar-refractivity contribution in [2.45, 2.75) is 20.0 Å². The molecule has 166 valence electrons. The number of anilines is 4. The van der Waals surface area contributed by atoms with E-state index in [4.69, 9.17) is 9.68 Å². The maximum atomic E-state index is 13.3. The number of esters is 1. The Morgan fingerprint density at radius 1 is 1.13 bits per heavy atom. The molecule has 1 fully saturated rings. The third kappa shape index (κ3) is 4.14. The fraction of sp³-hybridized carbons (Fsp3) is 0.409. The van der Waals surface area contributed by atoms with Crippen LogP contribution in [0, 0.1) is 11.8 Å². The van der Waals surface area contributed by atoms with Crippen molar-refractivity contribution in [1.29, 1.82) is 0 Å². The summed E-state index contributed by atoms with van der Waals surface area (Å²) in [6, 6.07) is 11.1. The summed E-state index contributed by atoms with van der Waals surface area (Å²) in [6.45, 7) is 5.50. The monoisotopic (exact) mass is 435 g/mol. The van der Waals surface area contributed by atoms with Gasteiger partial charge in [0.05, 0.1) is 42.2 Å². The van der Waals surface area contributed by atoms with E-state index in [9.17, 15) is 18.0 Å². The molecule has 2 aliphatic rings. The van der Waals surface area contributed by atoms with Crippen LogP contribution >= 0.6 is 0 Å². The van der Waals surface area contributed by atoms with Crippen LogP contribution in [-0.2, 0) is 20.6 Å². The minimum absolute atomic E-state index is 0.153. The standard InChI is InChI=1S/C22H24F3N3O3/c1-14(2)11-27-20-9-16(22(23,24)25)7-8-19(20)28(31-27)18-6-4-5-17(10-18)26-12-15(13-26)21(29)30-3/h4-10,14-15H,11-13H2,1-3H3. The summed E-state index contributed by atoms with van der Waals surface area (Å²) < 4.78 is 44.5. The smallest absolute Gasteiger partial charge is 0.416 e. The molecule has 31 heavy (non-hydrogen) atoms. The van der Waals surface area contributed by atoms with Crippen molar-refractivity contribution in [3.05, 3.63) is 48.0 Å². The third-order valence-electron chi connectivity index (χ3n) is 5.35. The molecule has 2 aromatic rings. The van der Waals surface area contributed by atoms with Crippen LogP contribution in [-0.4, -0.2) is 32.7 Å². The molecular weight excluding hydrogens is 411 g/mol. The molecule has 0 N–H and O–H groups in total. The van der Waals surface area contributed by atoms with E-state index in [2.05, 4.69) is 0 Å². The number of nitrogens with zero attached hydrogens (tertiary/aromatic N) is 3. The zero-order valence-electron chi connectivity index (χ0n) is 17.5. The highest BCUT2D eigenvalue weighted by Gasteiger charge is 2.37. The van der Waals surface area contributed by atoms with Crippen LogP contribution in [0.1, 0.15) is 19.4 Å². The van der Waals surface area contributed by atoms with Crippen LogP contribution in [0.3, 0.4) is 0 Å². The predicted molar refractivity (Wildman–Crippen MR) is 111 cm³/mol. The lowest BCUT2D eigenvalue weighted by Crippen LogP contribution is -2.50. The molecule has 0 amide bonds. The van der Waals surface area contributed by atoms with E-state index < -0.39 is 11.7 Å². The predicted octanol–water partition coefficient (Wildman–Crippen LogP) is 4.78. The Morgan fingerprint density at radius 2 is 1.84 bits per heavy atom. The number of rotatable bonds is 5. The number of ether oxygens (including phenoxy) is 1. The average molecular weight is 435 g/mol. The molecule has 0 spiro atoms. The summed E-state index contributed by atoms with van der Waals surface area (Å²) in [5.41, 5.74) is 1.79. The second kappa shape index (κ2) is 7.96. The third-order valence-corrected chi connectivity index (χ3v) is 5.35. The summed E-state index contributed by atoms with van der Waals surface area (Å²) >= 11 is 0. The van der Waals surface area contributed by atoms with Gasteiger partial charge in [0.15, 0.2) is 0 Å². The van der Waals surface area contributed by atoms with Gasteiger partial charge in [-0.1, -0.05) is 19.9 Å². The van der Waals surface area contributed by atoms with Crippen molar-refractivity contribution in [2.75, 3.05) is 41.8 Å². The molecule has 0 radical (unpaired) electrons. The van der Waals surface area contributed by atoms with Crippen molar-refractivity contribution >= 4 is 28.7 Å².